The molecule has 2 N–H and O–H groups in total. The van der Waals surface area contributed by atoms with Crippen LogP contribution in [0.1, 0.15) is 0 Å². The number of anilines is 3. The maximum absolute atomic E-state index is 13.7. The summed E-state index contributed by atoms with van der Waals surface area (Å²) >= 11 is 3.27. The minimum atomic E-state index is -0.519. The van der Waals surface area contributed by atoms with Gasteiger partial charge in [0.2, 0.25) is 0 Å². The van der Waals surface area contributed by atoms with Gasteiger partial charge in [-0.15, -0.1) is 0 Å². The van der Waals surface area contributed by atoms with E-state index in [4.69, 9.17) is 5.73 Å². The zero-order valence-electron chi connectivity index (χ0n) is 9.62. The van der Waals surface area contributed by atoms with Crippen LogP contribution in [-0.2, 0) is 0 Å². The van der Waals surface area contributed by atoms with E-state index in [2.05, 4.69) is 15.9 Å². The molecule has 0 spiro atoms. The van der Waals surface area contributed by atoms with Crippen LogP contribution in [0.5, 0.6) is 0 Å². The molecule has 0 radical (unpaired) electrons. The third kappa shape index (κ3) is 2.31. The summed E-state index contributed by atoms with van der Waals surface area (Å²) in [4.78, 5) is 1.51. The van der Waals surface area contributed by atoms with E-state index in [1.807, 2.05) is 0 Å². The molecule has 0 saturated heterocycles. The Morgan fingerprint density at radius 1 is 1.06 bits per heavy atom. The standard InChI is InChI=1S/C13H11BrF2N2/c1-18(11-4-2-3-10(16)13(11)17)12-7-8(14)5-6-9(12)15/h2-7H,17H2,1H3. The molecule has 94 valence electrons. The fourth-order valence-electron chi connectivity index (χ4n) is 1.69. The van der Waals surface area contributed by atoms with Crippen LogP contribution in [0.3, 0.4) is 0 Å². The van der Waals surface area contributed by atoms with Crippen molar-refractivity contribution in [3.05, 3.63) is 52.5 Å². The monoisotopic (exact) mass is 312 g/mol. The van der Waals surface area contributed by atoms with Crippen molar-refractivity contribution in [2.75, 3.05) is 17.7 Å². The topological polar surface area (TPSA) is 29.3 Å². The van der Waals surface area contributed by atoms with Crippen molar-refractivity contribution < 1.29 is 8.78 Å². The van der Waals surface area contributed by atoms with E-state index in [-0.39, 0.29) is 5.69 Å². The molecule has 2 rings (SSSR count). The van der Waals surface area contributed by atoms with E-state index < -0.39 is 11.6 Å². The molecule has 18 heavy (non-hydrogen) atoms. The molecule has 0 amide bonds. The van der Waals surface area contributed by atoms with E-state index >= 15 is 0 Å². The van der Waals surface area contributed by atoms with E-state index in [1.165, 1.54) is 23.1 Å². The number of halogens is 3. The summed E-state index contributed by atoms with van der Waals surface area (Å²) in [5.74, 6) is -0.917. The van der Waals surface area contributed by atoms with Crippen LogP contribution in [-0.4, -0.2) is 7.05 Å². The first kappa shape index (κ1) is 12.8. The molecule has 0 atom stereocenters. The van der Waals surface area contributed by atoms with Crippen molar-refractivity contribution in [3.8, 4) is 0 Å². The van der Waals surface area contributed by atoms with E-state index in [0.29, 0.717) is 11.4 Å². The van der Waals surface area contributed by atoms with Crippen LogP contribution < -0.4 is 10.6 Å². The Bertz CT molecular complexity index is 585. The number of benzene rings is 2. The lowest BCUT2D eigenvalue weighted by Crippen LogP contribution is -2.13. The lowest BCUT2D eigenvalue weighted by atomic mass is 10.2. The molecule has 0 aromatic heterocycles. The van der Waals surface area contributed by atoms with Gasteiger partial charge in [0, 0.05) is 11.5 Å². The van der Waals surface area contributed by atoms with Crippen LogP contribution >= 0.6 is 15.9 Å². The maximum Gasteiger partial charge on any atom is 0.148 e. The molecule has 0 heterocycles. The Morgan fingerprint density at radius 2 is 1.78 bits per heavy atom. The minimum Gasteiger partial charge on any atom is -0.395 e. The second-order valence-corrected chi connectivity index (χ2v) is 4.74. The van der Waals surface area contributed by atoms with Gasteiger partial charge in [-0.25, -0.2) is 8.78 Å². The van der Waals surface area contributed by atoms with Crippen LogP contribution in [0.4, 0.5) is 25.8 Å². The number of rotatable bonds is 2. The van der Waals surface area contributed by atoms with Gasteiger partial charge in [-0.05, 0) is 30.3 Å². The highest BCUT2D eigenvalue weighted by Crippen LogP contribution is 2.33. The van der Waals surface area contributed by atoms with Gasteiger partial charge in [0.15, 0.2) is 0 Å². The summed E-state index contributed by atoms with van der Waals surface area (Å²) in [5, 5.41) is 0. The summed E-state index contributed by atoms with van der Waals surface area (Å²) in [6.07, 6.45) is 0. The Kier molecular flexibility index (Phi) is 3.52. The molecule has 5 heteroatoms. The van der Waals surface area contributed by atoms with Gasteiger partial charge < -0.3 is 10.6 Å². The van der Waals surface area contributed by atoms with Crippen molar-refractivity contribution in [1.29, 1.82) is 0 Å². The van der Waals surface area contributed by atoms with E-state index in [1.54, 1.807) is 25.2 Å². The van der Waals surface area contributed by atoms with Crippen LogP contribution in [0.2, 0.25) is 0 Å². The molecular weight excluding hydrogens is 302 g/mol. The summed E-state index contributed by atoms with van der Waals surface area (Å²) < 4.78 is 27.9. The molecule has 2 aromatic carbocycles. The summed E-state index contributed by atoms with van der Waals surface area (Å²) in [6, 6.07) is 8.99. The molecule has 2 aromatic rings. The Morgan fingerprint density at radius 3 is 2.50 bits per heavy atom. The fourth-order valence-corrected chi connectivity index (χ4v) is 2.04. The normalized spacial score (nSPS) is 10.4. The number of hydrogen-bond acceptors (Lipinski definition) is 2. The maximum atomic E-state index is 13.7. The second kappa shape index (κ2) is 4.94. The highest BCUT2D eigenvalue weighted by molar-refractivity contribution is 9.10. The summed E-state index contributed by atoms with van der Waals surface area (Å²) in [5.41, 5.74) is 6.40. The van der Waals surface area contributed by atoms with Crippen molar-refractivity contribution in [1.82, 2.24) is 0 Å². The van der Waals surface area contributed by atoms with Crippen LogP contribution in [0.25, 0.3) is 0 Å². The number of para-hydroxylation sites is 1. The number of nitrogens with zero attached hydrogens (tertiary/aromatic N) is 1. The molecule has 0 fully saturated rings. The van der Waals surface area contributed by atoms with Crippen molar-refractivity contribution >= 4 is 33.0 Å². The van der Waals surface area contributed by atoms with E-state index in [0.717, 1.165) is 4.47 Å². The van der Waals surface area contributed by atoms with Gasteiger partial charge >= 0.3 is 0 Å². The number of nitrogens with two attached hydrogens (primary N) is 1. The van der Waals surface area contributed by atoms with Crippen LogP contribution in [0, 0.1) is 11.6 Å². The zero-order chi connectivity index (χ0) is 13.3. The number of nitrogen functional groups attached to an aromatic ring is 1. The first-order valence-corrected chi connectivity index (χ1v) is 6.03. The average Bonchev–Trinajstić information content (AvgIpc) is 2.35. The lowest BCUT2D eigenvalue weighted by molar-refractivity contribution is 0.625. The Hall–Kier alpha value is -1.62. The van der Waals surface area contributed by atoms with Gasteiger partial charge in [0.1, 0.15) is 11.6 Å². The highest BCUT2D eigenvalue weighted by Gasteiger charge is 2.14. The molecule has 0 bridgehead atoms. The molecule has 0 aliphatic heterocycles. The molecule has 0 aliphatic carbocycles. The summed E-state index contributed by atoms with van der Waals surface area (Å²) in [6.45, 7) is 0. The van der Waals surface area contributed by atoms with Crippen molar-refractivity contribution in [2.45, 2.75) is 0 Å². The second-order valence-electron chi connectivity index (χ2n) is 3.83. The SMILES string of the molecule is CN(c1cc(Br)ccc1F)c1cccc(F)c1N. The largest absolute Gasteiger partial charge is 0.395 e. The Labute approximate surface area is 112 Å². The van der Waals surface area contributed by atoms with Gasteiger partial charge in [-0.2, -0.15) is 0 Å². The van der Waals surface area contributed by atoms with Crippen LogP contribution in [0.15, 0.2) is 40.9 Å². The van der Waals surface area contributed by atoms with Gasteiger partial charge in [-0.3, -0.25) is 0 Å². The minimum absolute atomic E-state index is 0.000578. The molecule has 0 unspecified atom stereocenters. The predicted octanol–water partition coefficient (Wildman–Crippen LogP) is 4.08. The summed E-state index contributed by atoms with van der Waals surface area (Å²) in [7, 11) is 1.63. The van der Waals surface area contributed by atoms with Gasteiger partial charge in [0.25, 0.3) is 0 Å². The van der Waals surface area contributed by atoms with Crippen molar-refractivity contribution in [2.24, 2.45) is 0 Å². The smallest absolute Gasteiger partial charge is 0.148 e. The number of hydrogen-bond donors (Lipinski definition) is 1. The third-order valence-corrected chi connectivity index (χ3v) is 3.15. The molecule has 2 nitrogen and oxygen atoms in total. The molecular formula is C13H11BrF2N2. The average molecular weight is 313 g/mol. The van der Waals surface area contributed by atoms with Crippen molar-refractivity contribution in [3.63, 3.8) is 0 Å². The molecule has 0 aliphatic rings. The van der Waals surface area contributed by atoms with Gasteiger partial charge in [-0.1, -0.05) is 22.0 Å². The Balaban J connectivity index is 2.51. The highest BCUT2D eigenvalue weighted by atomic mass is 79.9. The molecule has 0 saturated carbocycles. The quantitative estimate of drug-likeness (QED) is 0.847. The first-order valence-electron chi connectivity index (χ1n) is 5.23. The third-order valence-electron chi connectivity index (χ3n) is 2.66. The van der Waals surface area contributed by atoms with E-state index in [9.17, 15) is 8.78 Å². The first-order chi connectivity index (χ1) is 8.50. The fraction of sp³-hybridized carbons (Fsp3) is 0.0769. The zero-order valence-corrected chi connectivity index (χ0v) is 11.2. The van der Waals surface area contributed by atoms with Gasteiger partial charge in [0.05, 0.1) is 17.1 Å². The lowest BCUT2D eigenvalue weighted by Gasteiger charge is -2.22. The predicted molar refractivity (Wildman–Crippen MR) is 73.0 cm³/mol.